The number of benzene rings is 1. The molecule has 2 heterocycles. The lowest BCUT2D eigenvalue weighted by Crippen LogP contribution is -2.46. The Morgan fingerprint density at radius 3 is 2.89 bits per heavy atom. The second-order valence-electron chi connectivity index (χ2n) is 7.87. The SMILES string of the molecule is CC[C@H](C)NC(=S)N(Cc1cc2ccc(C)c(C)c2[nH]c1=O)C[C@@H]1CCCO1. The number of rotatable bonds is 6. The predicted molar refractivity (Wildman–Crippen MR) is 119 cm³/mol. The number of aromatic nitrogens is 1. The maximum Gasteiger partial charge on any atom is 0.253 e. The van der Waals surface area contributed by atoms with Crippen LogP contribution in [0.4, 0.5) is 0 Å². The topological polar surface area (TPSA) is 57.4 Å². The summed E-state index contributed by atoms with van der Waals surface area (Å²) in [4.78, 5) is 18.0. The number of aromatic amines is 1. The lowest BCUT2D eigenvalue weighted by molar-refractivity contribution is 0.0895. The van der Waals surface area contributed by atoms with E-state index in [-0.39, 0.29) is 11.7 Å². The molecule has 1 saturated heterocycles. The number of thiocarbonyl (C=S) groups is 1. The molecule has 28 heavy (non-hydrogen) atoms. The Bertz CT molecular complexity index is 903. The molecule has 1 aromatic carbocycles. The largest absolute Gasteiger partial charge is 0.376 e. The number of pyridine rings is 1. The maximum atomic E-state index is 12.8. The number of ether oxygens (including phenoxy) is 1. The van der Waals surface area contributed by atoms with Gasteiger partial charge in [-0.2, -0.15) is 0 Å². The highest BCUT2D eigenvalue weighted by Crippen LogP contribution is 2.20. The van der Waals surface area contributed by atoms with Crippen molar-refractivity contribution in [3.63, 3.8) is 0 Å². The van der Waals surface area contributed by atoms with Crippen LogP contribution in [0.3, 0.4) is 0 Å². The van der Waals surface area contributed by atoms with Crippen LogP contribution in [0, 0.1) is 13.8 Å². The lowest BCUT2D eigenvalue weighted by atomic mass is 10.0. The highest BCUT2D eigenvalue weighted by molar-refractivity contribution is 7.80. The molecule has 2 atom stereocenters. The summed E-state index contributed by atoms with van der Waals surface area (Å²) in [5.74, 6) is 0. The second kappa shape index (κ2) is 9.05. The number of hydrogen-bond acceptors (Lipinski definition) is 3. The molecule has 3 rings (SSSR count). The number of aryl methyl sites for hydroxylation is 2. The maximum absolute atomic E-state index is 12.8. The molecule has 0 radical (unpaired) electrons. The van der Waals surface area contributed by atoms with Crippen molar-refractivity contribution in [2.45, 2.75) is 65.6 Å². The van der Waals surface area contributed by atoms with Crippen molar-refractivity contribution in [1.29, 1.82) is 0 Å². The predicted octanol–water partition coefficient (Wildman–Crippen LogP) is 3.80. The van der Waals surface area contributed by atoms with E-state index in [0.29, 0.717) is 24.2 Å². The van der Waals surface area contributed by atoms with Crippen LogP contribution in [-0.4, -0.2) is 40.3 Å². The van der Waals surface area contributed by atoms with Gasteiger partial charge in [0, 0.05) is 24.8 Å². The first-order valence-electron chi connectivity index (χ1n) is 10.2. The molecular formula is C22H31N3O2S. The van der Waals surface area contributed by atoms with Gasteiger partial charge in [0.05, 0.1) is 18.2 Å². The van der Waals surface area contributed by atoms with E-state index in [4.69, 9.17) is 17.0 Å². The summed E-state index contributed by atoms with van der Waals surface area (Å²) >= 11 is 5.68. The van der Waals surface area contributed by atoms with Crippen molar-refractivity contribution in [1.82, 2.24) is 15.2 Å². The zero-order valence-corrected chi connectivity index (χ0v) is 18.1. The molecule has 0 aliphatic carbocycles. The number of nitrogens with one attached hydrogen (secondary N) is 2. The molecule has 1 aliphatic heterocycles. The molecule has 5 nitrogen and oxygen atoms in total. The van der Waals surface area contributed by atoms with Gasteiger partial charge in [-0.05, 0) is 74.8 Å². The average Bonchev–Trinajstić information content (AvgIpc) is 3.18. The molecule has 0 saturated carbocycles. The van der Waals surface area contributed by atoms with Crippen LogP contribution < -0.4 is 10.9 Å². The van der Waals surface area contributed by atoms with Gasteiger partial charge in [-0.25, -0.2) is 0 Å². The van der Waals surface area contributed by atoms with Crippen molar-refractivity contribution in [2.75, 3.05) is 13.2 Å². The molecule has 0 amide bonds. The van der Waals surface area contributed by atoms with E-state index in [0.717, 1.165) is 47.9 Å². The molecule has 1 aliphatic rings. The van der Waals surface area contributed by atoms with E-state index in [1.54, 1.807) is 0 Å². The van der Waals surface area contributed by atoms with Gasteiger partial charge in [-0.15, -0.1) is 0 Å². The van der Waals surface area contributed by atoms with Gasteiger partial charge in [0.1, 0.15) is 0 Å². The Morgan fingerprint density at radius 1 is 1.43 bits per heavy atom. The smallest absolute Gasteiger partial charge is 0.253 e. The molecule has 2 N–H and O–H groups in total. The van der Waals surface area contributed by atoms with Gasteiger partial charge in [0.25, 0.3) is 5.56 Å². The van der Waals surface area contributed by atoms with E-state index in [1.807, 2.05) is 13.0 Å². The third kappa shape index (κ3) is 4.73. The van der Waals surface area contributed by atoms with Crippen molar-refractivity contribution in [2.24, 2.45) is 0 Å². The first-order valence-corrected chi connectivity index (χ1v) is 10.6. The second-order valence-corrected chi connectivity index (χ2v) is 8.26. The molecule has 2 aromatic rings. The molecular weight excluding hydrogens is 370 g/mol. The summed E-state index contributed by atoms with van der Waals surface area (Å²) in [6.45, 7) is 10.3. The molecule has 1 fully saturated rings. The number of H-pyrrole nitrogens is 1. The quantitative estimate of drug-likeness (QED) is 0.721. The summed E-state index contributed by atoms with van der Waals surface area (Å²) < 4.78 is 5.82. The van der Waals surface area contributed by atoms with Crippen molar-refractivity contribution < 1.29 is 4.74 Å². The fourth-order valence-corrected chi connectivity index (χ4v) is 3.89. The summed E-state index contributed by atoms with van der Waals surface area (Å²) in [7, 11) is 0. The summed E-state index contributed by atoms with van der Waals surface area (Å²) in [5.41, 5.74) is 3.88. The van der Waals surface area contributed by atoms with Crippen LogP contribution in [0.2, 0.25) is 0 Å². The fraction of sp³-hybridized carbons (Fsp3) is 0.545. The Morgan fingerprint density at radius 2 is 2.21 bits per heavy atom. The summed E-state index contributed by atoms with van der Waals surface area (Å²) in [6, 6.07) is 6.45. The molecule has 152 valence electrons. The van der Waals surface area contributed by atoms with Crippen molar-refractivity contribution in [3.05, 3.63) is 45.2 Å². The van der Waals surface area contributed by atoms with E-state index in [9.17, 15) is 4.79 Å². The van der Waals surface area contributed by atoms with Crippen molar-refractivity contribution >= 4 is 28.2 Å². The normalized spacial score (nSPS) is 17.6. The molecule has 0 bridgehead atoms. The van der Waals surface area contributed by atoms with Gasteiger partial charge in [0.2, 0.25) is 0 Å². The van der Waals surface area contributed by atoms with Gasteiger partial charge in [-0.3, -0.25) is 4.79 Å². The lowest BCUT2D eigenvalue weighted by Gasteiger charge is -2.29. The molecule has 0 unspecified atom stereocenters. The van der Waals surface area contributed by atoms with Crippen LogP contribution in [0.5, 0.6) is 0 Å². The Balaban J connectivity index is 1.88. The highest BCUT2D eigenvalue weighted by atomic mass is 32.1. The van der Waals surface area contributed by atoms with Crippen LogP contribution in [0.15, 0.2) is 23.0 Å². The zero-order chi connectivity index (χ0) is 20.3. The fourth-order valence-electron chi connectivity index (χ4n) is 3.55. The average molecular weight is 402 g/mol. The van der Waals surface area contributed by atoms with Crippen molar-refractivity contribution in [3.8, 4) is 0 Å². The molecule has 0 spiro atoms. The van der Waals surface area contributed by atoms with Crippen LogP contribution in [0.25, 0.3) is 10.9 Å². The Kier molecular flexibility index (Phi) is 6.73. The van der Waals surface area contributed by atoms with E-state index >= 15 is 0 Å². The minimum absolute atomic E-state index is 0.0510. The minimum Gasteiger partial charge on any atom is -0.376 e. The zero-order valence-electron chi connectivity index (χ0n) is 17.3. The van der Waals surface area contributed by atoms with Crippen LogP contribution >= 0.6 is 12.2 Å². The van der Waals surface area contributed by atoms with Gasteiger partial charge in [-0.1, -0.05) is 19.1 Å². The first-order chi connectivity index (χ1) is 13.4. The van der Waals surface area contributed by atoms with E-state index in [2.05, 4.69) is 48.1 Å². The van der Waals surface area contributed by atoms with Crippen LogP contribution in [0.1, 0.15) is 49.8 Å². The first kappa shape index (κ1) is 20.8. The number of fused-ring (bicyclic) bond motifs is 1. The summed E-state index contributed by atoms with van der Waals surface area (Å²) in [5, 5.41) is 5.12. The van der Waals surface area contributed by atoms with Gasteiger partial charge in [0.15, 0.2) is 5.11 Å². The monoisotopic (exact) mass is 401 g/mol. The minimum atomic E-state index is -0.0510. The Labute approximate surface area is 172 Å². The summed E-state index contributed by atoms with van der Waals surface area (Å²) in [6.07, 6.45) is 3.28. The third-order valence-electron chi connectivity index (χ3n) is 5.71. The standard InChI is InChI=1S/C22H31N3O2S/c1-5-15(3)23-22(28)25(13-19-7-6-10-27-19)12-18-11-17-9-8-14(2)16(4)20(17)24-21(18)26/h8-9,11,15,19H,5-7,10,12-13H2,1-4H3,(H,23,28)(H,24,26)/t15-,19-/m0/s1. The molecule has 6 heteroatoms. The van der Waals surface area contributed by atoms with E-state index in [1.165, 1.54) is 5.56 Å². The van der Waals surface area contributed by atoms with Gasteiger partial charge >= 0.3 is 0 Å². The van der Waals surface area contributed by atoms with Crippen LogP contribution in [-0.2, 0) is 11.3 Å². The number of nitrogens with zero attached hydrogens (tertiary/aromatic N) is 1. The third-order valence-corrected chi connectivity index (χ3v) is 6.08. The van der Waals surface area contributed by atoms with E-state index < -0.39 is 0 Å². The molecule has 1 aromatic heterocycles. The van der Waals surface area contributed by atoms with Gasteiger partial charge < -0.3 is 19.9 Å². The highest BCUT2D eigenvalue weighted by Gasteiger charge is 2.22. The number of hydrogen-bond donors (Lipinski definition) is 2. The Hall–Kier alpha value is -1.92.